The van der Waals surface area contributed by atoms with Crippen LogP contribution in [0, 0.1) is 0 Å². The molecule has 0 saturated carbocycles. The van der Waals surface area contributed by atoms with Crippen molar-refractivity contribution in [1.82, 2.24) is 9.21 Å². The Morgan fingerprint density at radius 3 is 2.46 bits per heavy atom. The summed E-state index contributed by atoms with van der Waals surface area (Å²) in [7, 11) is -3.79. The number of hydrogen-bond acceptors (Lipinski definition) is 7. The lowest BCUT2D eigenvalue weighted by atomic mass is 9.95. The second kappa shape index (κ2) is 10.7. The van der Waals surface area contributed by atoms with E-state index in [1.165, 1.54) is 22.5 Å². The average molecular weight is 560 g/mol. The van der Waals surface area contributed by atoms with Gasteiger partial charge in [-0.05, 0) is 37.6 Å². The Bertz CT molecular complexity index is 1170. The summed E-state index contributed by atoms with van der Waals surface area (Å²) in [6.07, 6.45) is 0.699. The molecule has 204 valence electrons. The molecule has 1 aliphatic carbocycles. The molecule has 2 saturated heterocycles. The molecule has 2 heterocycles. The van der Waals surface area contributed by atoms with Crippen molar-refractivity contribution in [3.63, 3.8) is 0 Å². The summed E-state index contributed by atoms with van der Waals surface area (Å²) in [6.45, 7) is 6.03. The smallest absolute Gasteiger partial charge is 0.376 e. The third kappa shape index (κ3) is 5.94. The monoisotopic (exact) mass is 559 g/mol. The van der Waals surface area contributed by atoms with E-state index in [4.69, 9.17) is 17.0 Å². The van der Waals surface area contributed by atoms with Crippen molar-refractivity contribution in [3.05, 3.63) is 53.0 Å². The Hall–Kier alpha value is -1.83. The van der Waals surface area contributed by atoms with Crippen LogP contribution in [0.15, 0.2) is 47.4 Å². The summed E-state index contributed by atoms with van der Waals surface area (Å²) >= 11 is 5.33. The van der Waals surface area contributed by atoms with Gasteiger partial charge in [0.15, 0.2) is 5.60 Å². The molecular formula is C25H32F3N3O4S2. The molecule has 0 spiro atoms. The third-order valence-electron chi connectivity index (χ3n) is 7.13. The van der Waals surface area contributed by atoms with E-state index >= 15 is 0 Å². The van der Waals surface area contributed by atoms with Crippen LogP contribution in [0.4, 0.5) is 18.9 Å². The highest BCUT2D eigenvalue weighted by atomic mass is 32.2. The van der Waals surface area contributed by atoms with Gasteiger partial charge in [0.1, 0.15) is 0 Å². The number of piperazine rings is 1. The largest absolute Gasteiger partial charge is 0.421 e. The number of anilines is 1. The average Bonchev–Trinajstić information content (AvgIpc) is 2.83. The van der Waals surface area contributed by atoms with E-state index < -0.39 is 21.8 Å². The van der Waals surface area contributed by atoms with E-state index in [0.29, 0.717) is 49.8 Å². The van der Waals surface area contributed by atoms with Crippen molar-refractivity contribution in [2.45, 2.75) is 44.2 Å². The first kappa shape index (κ1) is 28.2. The first-order chi connectivity index (χ1) is 17.3. The second-order valence-corrected chi connectivity index (χ2v) is 12.3. The molecule has 1 unspecified atom stereocenters. The number of benzene rings is 1. The summed E-state index contributed by atoms with van der Waals surface area (Å²) < 4.78 is 74.0. The van der Waals surface area contributed by atoms with Crippen LogP contribution in [-0.2, 0) is 20.4 Å². The van der Waals surface area contributed by atoms with Gasteiger partial charge in [-0.25, -0.2) is 8.42 Å². The van der Waals surface area contributed by atoms with Crippen LogP contribution in [0.3, 0.4) is 0 Å². The second-order valence-electron chi connectivity index (χ2n) is 9.85. The van der Waals surface area contributed by atoms with Crippen molar-refractivity contribution < 1.29 is 31.4 Å². The number of hydrogen-bond donors (Lipinski definition) is 1. The van der Waals surface area contributed by atoms with Gasteiger partial charge in [-0.2, -0.15) is 17.5 Å². The number of thiocarbonyl (C=S) groups is 1. The minimum Gasteiger partial charge on any atom is -0.376 e. The number of sulfonamides is 1. The van der Waals surface area contributed by atoms with Crippen LogP contribution in [0.25, 0.3) is 0 Å². The van der Waals surface area contributed by atoms with Gasteiger partial charge in [-0.1, -0.05) is 36.5 Å². The topological polar surface area (TPSA) is 73.3 Å². The lowest BCUT2D eigenvalue weighted by Gasteiger charge is -2.45. The molecule has 2 fully saturated rings. The highest BCUT2D eigenvalue weighted by molar-refractivity contribution is 7.96. The number of nitrogens with zero attached hydrogens (tertiary/aromatic N) is 3. The van der Waals surface area contributed by atoms with E-state index in [-0.39, 0.29) is 35.7 Å². The molecule has 1 aromatic rings. The van der Waals surface area contributed by atoms with E-state index in [1.807, 2.05) is 17.9 Å². The number of morpholine rings is 1. The normalized spacial score (nSPS) is 26.2. The Morgan fingerprint density at radius 2 is 1.84 bits per heavy atom. The predicted octanol–water partition coefficient (Wildman–Crippen LogP) is 3.21. The van der Waals surface area contributed by atoms with Crippen molar-refractivity contribution in [2.75, 3.05) is 50.8 Å². The molecule has 7 nitrogen and oxygen atoms in total. The Morgan fingerprint density at radius 1 is 1.14 bits per heavy atom. The minimum absolute atomic E-state index is 0.0473. The van der Waals surface area contributed by atoms with E-state index in [1.54, 1.807) is 18.2 Å². The van der Waals surface area contributed by atoms with Gasteiger partial charge in [0, 0.05) is 56.2 Å². The fourth-order valence-corrected chi connectivity index (χ4v) is 7.00. The number of allylic oxidation sites excluding steroid dienone is 4. The van der Waals surface area contributed by atoms with E-state index in [2.05, 4.69) is 4.90 Å². The highest BCUT2D eigenvalue weighted by Crippen LogP contribution is 2.39. The molecule has 3 atom stereocenters. The number of halogens is 3. The van der Waals surface area contributed by atoms with Gasteiger partial charge < -0.3 is 14.7 Å². The maximum Gasteiger partial charge on any atom is 0.421 e. The lowest BCUT2D eigenvalue weighted by Crippen LogP contribution is -2.59. The van der Waals surface area contributed by atoms with Gasteiger partial charge in [0.2, 0.25) is 10.0 Å². The van der Waals surface area contributed by atoms with Gasteiger partial charge in [0.25, 0.3) is 0 Å². The molecule has 2 aliphatic heterocycles. The van der Waals surface area contributed by atoms with Crippen molar-refractivity contribution in [3.8, 4) is 0 Å². The molecule has 1 N–H and O–H groups in total. The Kier molecular flexibility index (Phi) is 8.18. The molecule has 37 heavy (non-hydrogen) atoms. The van der Waals surface area contributed by atoms with Gasteiger partial charge in [-0.3, -0.25) is 4.90 Å². The third-order valence-corrected chi connectivity index (χ3v) is 9.60. The van der Waals surface area contributed by atoms with Crippen LogP contribution in [0.5, 0.6) is 0 Å². The highest BCUT2D eigenvalue weighted by Gasteiger charge is 2.51. The summed E-state index contributed by atoms with van der Waals surface area (Å²) in [6, 6.07) is 5.40. The fourth-order valence-electron chi connectivity index (χ4n) is 4.93. The molecule has 1 aromatic carbocycles. The molecule has 0 bridgehead atoms. The van der Waals surface area contributed by atoms with Gasteiger partial charge in [-0.15, -0.1) is 0 Å². The summed E-state index contributed by atoms with van der Waals surface area (Å²) in [5.74, 6) is 0. The molecule has 3 aliphatic rings. The Labute approximate surface area is 221 Å². The SMILES string of the molecule is C[C@H]1CN(C[C@@H]2CN(S(=O)(=O)C3=CC=CCC3=S)CCN2c2ccc(C(C)(O)C(F)(F)F)cc2)CCO1. The zero-order chi connectivity index (χ0) is 27.0. The predicted molar refractivity (Wildman–Crippen MR) is 140 cm³/mol. The zero-order valence-electron chi connectivity index (χ0n) is 20.8. The van der Waals surface area contributed by atoms with E-state index in [0.717, 1.165) is 6.92 Å². The minimum atomic E-state index is -4.81. The molecule has 0 aromatic heterocycles. The zero-order valence-corrected chi connectivity index (χ0v) is 22.4. The number of alkyl halides is 3. The Balaban J connectivity index is 1.60. The summed E-state index contributed by atoms with van der Waals surface area (Å²) in [4.78, 5) is 4.79. The standard InChI is InChI=1S/C25H32F3N3O4S2/c1-18-15-29(13-14-35-18)16-21-17-30(37(33,34)23-6-4-3-5-22(23)36)11-12-31(21)20-9-7-19(8-10-20)24(2,32)25(26,27)28/h3-4,6-10,18,21,32H,5,11-17H2,1-2H3/t18-,21+,24?/m0/s1. The van der Waals surface area contributed by atoms with Gasteiger partial charge >= 0.3 is 6.18 Å². The number of aliphatic hydroxyl groups is 1. The van der Waals surface area contributed by atoms with Crippen LogP contribution < -0.4 is 4.90 Å². The summed E-state index contributed by atoms with van der Waals surface area (Å²) in [5.41, 5.74) is -2.56. The maximum absolute atomic E-state index is 13.5. The van der Waals surface area contributed by atoms with Crippen LogP contribution in [-0.4, -0.2) is 91.8 Å². The first-order valence-electron chi connectivity index (χ1n) is 12.2. The molecule has 4 rings (SSSR count). The summed E-state index contributed by atoms with van der Waals surface area (Å²) in [5, 5.41) is 10.0. The number of ether oxygens (including phenoxy) is 1. The van der Waals surface area contributed by atoms with Crippen LogP contribution in [0.1, 0.15) is 25.8 Å². The van der Waals surface area contributed by atoms with Crippen LogP contribution in [0.2, 0.25) is 0 Å². The van der Waals surface area contributed by atoms with Crippen molar-refractivity contribution >= 4 is 32.8 Å². The van der Waals surface area contributed by atoms with Crippen molar-refractivity contribution in [2.24, 2.45) is 0 Å². The van der Waals surface area contributed by atoms with Gasteiger partial charge in [0.05, 0.1) is 23.7 Å². The molecular weight excluding hydrogens is 527 g/mol. The number of rotatable bonds is 6. The molecule has 0 radical (unpaired) electrons. The van der Waals surface area contributed by atoms with Crippen LogP contribution >= 0.6 is 12.2 Å². The van der Waals surface area contributed by atoms with Crippen molar-refractivity contribution in [1.29, 1.82) is 0 Å². The first-order valence-corrected chi connectivity index (χ1v) is 14.1. The molecule has 12 heteroatoms. The fraction of sp³-hybridized carbons (Fsp3) is 0.560. The quantitative estimate of drug-likeness (QED) is 0.537. The lowest BCUT2D eigenvalue weighted by molar-refractivity contribution is -0.258. The van der Waals surface area contributed by atoms with E-state index in [9.17, 15) is 26.7 Å². The maximum atomic E-state index is 13.5. The molecule has 0 amide bonds.